The molecular formula is C18H23N3OV. The van der Waals surface area contributed by atoms with Gasteiger partial charge in [-0.15, -0.1) is 5.69 Å². The summed E-state index contributed by atoms with van der Waals surface area (Å²) in [6.07, 6.45) is 3.23. The molecule has 1 radical (unpaired) electrons. The van der Waals surface area contributed by atoms with Crippen LogP contribution in [0, 0.1) is 7.43 Å². The third kappa shape index (κ3) is 3.71. The smallest absolute Gasteiger partial charge is 0.698 e. The minimum Gasteiger partial charge on any atom is -0.698 e. The first-order valence-corrected chi connectivity index (χ1v) is 6.96. The normalized spacial score (nSPS) is 13.5. The van der Waals surface area contributed by atoms with Crippen molar-refractivity contribution >= 4 is 17.3 Å². The third-order valence-electron chi connectivity index (χ3n) is 3.66. The second-order valence-electron chi connectivity index (χ2n) is 5.03. The van der Waals surface area contributed by atoms with E-state index in [9.17, 15) is 4.79 Å². The zero-order chi connectivity index (χ0) is 15.6. The Labute approximate surface area is 151 Å². The van der Waals surface area contributed by atoms with E-state index in [0.29, 0.717) is 28.2 Å². The molecule has 1 aromatic carbocycles. The topological polar surface area (TPSA) is 56.1 Å². The average Bonchev–Trinajstić information content (AvgIpc) is 2.70. The van der Waals surface area contributed by atoms with E-state index >= 15 is 0 Å². The molecule has 4 nitrogen and oxygen atoms in total. The molecule has 0 aromatic heterocycles. The Kier molecular flexibility index (Phi) is 7.94. The van der Waals surface area contributed by atoms with Gasteiger partial charge in [-0.1, -0.05) is 45.2 Å². The van der Waals surface area contributed by atoms with Crippen LogP contribution < -0.4 is 5.32 Å². The van der Waals surface area contributed by atoms with Crippen LogP contribution in [0.2, 0.25) is 0 Å². The van der Waals surface area contributed by atoms with Gasteiger partial charge in [-0.25, -0.2) is 0 Å². The summed E-state index contributed by atoms with van der Waals surface area (Å²) < 4.78 is 0. The van der Waals surface area contributed by atoms with Gasteiger partial charge in [0.15, 0.2) is 0 Å². The third-order valence-corrected chi connectivity index (χ3v) is 3.66. The number of amides is 1. The molecule has 23 heavy (non-hydrogen) atoms. The zero-order valence-electron chi connectivity index (χ0n) is 13.7. The summed E-state index contributed by atoms with van der Waals surface area (Å²) in [5.41, 5.74) is 10.8. The fourth-order valence-electron chi connectivity index (χ4n) is 2.70. The van der Waals surface area contributed by atoms with Crippen molar-refractivity contribution < 1.29 is 23.4 Å². The van der Waals surface area contributed by atoms with E-state index < -0.39 is 0 Å². The molecular weight excluding hydrogens is 325 g/mol. The summed E-state index contributed by atoms with van der Waals surface area (Å²) in [5, 5.41) is 2.98. The number of nitrogens with one attached hydrogen (secondary N) is 2. The Bertz CT molecular complexity index is 625. The van der Waals surface area contributed by atoms with Gasteiger partial charge in [-0.05, 0) is 24.3 Å². The molecule has 1 unspecified atom stereocenters. The van der Waals surface area contributed by atoms with Gasteiger partial charge in [0.1, 0.15) is 0 Å². The van der Waals surface area contributed by atoms with Gasteiger partial charge in [0, 0.05) is 17.0 Å². The maximum absolute atomic E-state index is 12.7. The van der Waals surface area contributed by atoms with Gasteiger partial charge < -0.3 is 18.5 Å². The maximum atomic E-state index is 12.7. The zero-order valence-corrected chi connectivity index (χ0v) is 15.1. The van der Waals surface area contributed by atoms with Crippen molar-refractivity contribution in [2.45, 2.75) is 25.8 Å². The average molecular weight is 348 g/mol. The minimum atomic E-state index is -0.195. The van der Waals surface area contributed by atoms with Crippen LogP contribution in [0.4, 0.5) is 5.69 Å². The molecule has 1 amide bonds. The maximum Gasteiger partial charge on any atom is 2.00 e. The van der Waals surface area contributed by atoms with Gasteiger partial charge in [0.25, 0.3) is 5.91 Å². The van der Waals surface area contributed by atoms with Crippen LogP contribution in [-0.4, -0.2) is 16.8 Å². The first kappa shape index (κ1) is 21.1. The number of carbonyl (C=O) groups is 1. The van der Waals surface area contributed by atoms with Crippen molar-refractivity contribution in [3.8, 4) is 0 Å². The van der Waals surface area contributed by atoms with E-state index in [0.717, 1.165) is 12.8 Å². The van der Waals surface area contributed by atoms with Crippen molar-refractivity contribution in [3.63, 3.8) is 0 Å². The van der Waals surface area contributed by atoms with Gasteiger partial charge >= 0.3 is 18.6 Å². The van der Waals surface area contributed by atoms with Crippen molar-refractivity contribution in [1.29, 1.82) is 0 Å². The quantitative estimate of drug-likeness (QED) is 0.760. The van der Waals surface area contributed by atoms with Gasteiger partial charge in [-0.3, -0.25) is 9.69 Å². The Morgan fingerprint density at radius 2 is 2.13 bits per heavy atom. The summed E-state index contributed by atoms with van der Waals surface area (Å²) in [6.45, 7) is 13.7. The van der Waals surface area contributed by atoms with Gasteiger partial charge in [0.2, 0.25) is 0 Å². The fourth-order valence-corrected chi connectivity index (χ4v) is 2.70. The summed E-state index contributed by atoms with van der Waals surface area (Å²) in [4.78, 5) is 14.3. The molecule has 0 bridgehead atoms. The second kappa shape index (κ2) is 8.66. The van der Waals surface area contributed by atoms with Crippen LogP contribution in [0.1, 0.15) is 35.7 Å². The molecule has 0 saturated carbocycles. The monoisotopic (exact) mass is 348 g/mol. The van der Waals surface area contributed by atoms with E-state index in [2.05, 4.69) is 32.0 Å². The number of hydrogen-bond donors (Lipinski definition) is 1. The second-order valence-corrected chi connectivity index (χ2v) is 5.03. The van der Waals surface area contributed by atoms with Gasteiger partial charge in [0.05, 0.1) is 6.04 Å². The van der Waals surface area contributed by atoms with Crippen molar-refractivity contribution in [2.75, 3.05) is 0 Å². The Hall–Kier alpha value is -1.91. The number of nitrogens with zero attached hydrogens (tertiary/aromatic N) is 1. The minimum absolute atomic E-state index is 0. The summed E-state index contributed by atoms with van der Waals surface area (Å²) >= 11 is 0. The molecule has 5 heteroatoms. The standard InChI is InChI=1S/C17H20N3O.CH3.V/c1-5-8-15(11(3)19-6-2)20-12(4)16-13(17(20)21)9-7-10-14(16)18;;/h6-7,9-10,15,18-19H,2-5,8H2,1H3;1H3;/q2*-1;+2. The van der Waals surface area contributed by atoms with Crippen LogP contribution >= 0.6 is 0 Å². The molecule has 1 atom stereocenters. The molecule has 1 aliphatic heterocycles. The molecule has 0 fully saturated rings. The van der Waals surface area contributed by atoms with Crippen LogP contribution in [0.5, 0.6) is 0 Å². The van der Waals surface area contributed by atoms with Crippen molar-refractivity contribution in [1.82, 2.24) is 10.2 Å². The van der Waals surface area contributed by atoms with Crippen molar-refractivity contribution in [2.24, 2.45) is 0 Å². The Balaban J connectivity index is 0.00000242. The van der Waals surface area contributed by atoms with E-state index in [1.54, 1.807) is 29.3 Å². The largest absolute Gasteiger partial charge is 2.00 e. The van der Waals surface area contributed by atoms with Crippen molar-refractivity contribution in [3.05, 3.63) is 74.1 Å². The van der Waals surface area contributed by atoms with E-state index in [-0.39, 0.29) is 37.9 Å². The predicted octanol–water partition coefficient (Wildman–Crippen LogP) is 4.66. The molecule has 1 aliphatic rings. The molecule has 1 heterocycles. The molecule has 1 aromatic rings. The number of hydrogen-bond acceptors (Lipinski definition) is 2. The van der Waals surface area contributed by atoms with E-state index in [1.165, 1.54) is 0 Å². The first-order valence-electron chi connectivity index (χ1n) is 6.96. The van der Waals surface area contributed by atoms with Crippen LogP contribution in [0.3, 0.4) is 0 Å². The van der Waals surface area contributed by atoms with E-state index in [1.807, 2.05) is 0 Å². The van der Waals surface area contributed by atoms with Crippen LogP contribution in [-0.2, 0) is 18.6 Å². The molecule has 121 valence electrons. The molecule has 0 spiro atoms. The molecule has 2 rings (SSSR count). The SMILES string of the molecule is C=CNC(=C)C(CCC)N1C(=C)c2c([NH-])cccc2C1=O.[CH3-].[V+2]. The molecule has 0 aliphatic carbocycles. The summed E-state index contributed by atoms with van der Waals surface area (Å²) in [5.74, 6) is -0.116. The molecule has 2 N–H and O–H groups in total. The fraction of sp³-hybridized carbons (Fsp3) is 0.222. The number of benzene rings is 1. The number of carbonyl (C=O) groups excluding carboxylic acids is 1. The number of rotatable bonds is 6. The van der Waals surface area contributed by atoms with Gasteiger partial charge in [-0.2, -0.15) is 0 Å². The predicted molar refractivity (Wildman–Crippen MR) is 93.2 cm³/mol. The van der Waals surface area contributed by atoms with E-state index in [4.69, 9.17) is 5.73 Å². The number of fused-ring (bicyclic) bond motifs is 1. The Morgan fingerprint density at radius 3 is 2.65 bits per heavy atom. The van der Waals surface area contributed by atoms with Crippen LogP contribution in [0.15, 0.2) is 49.8 Å². The summed E-state index contributed by atoms with van der Waals surface area (Å²) in [7, 11) is 0. The summed E-state index contributed by atoms with van der Waals surface area (Å²) in [6, 6.07) is 4.95. The first-order chi connectivity index (χ1) is 10.0. The molecule has 0 saturated heterocycles. The van der Waals surface area contributed by atoms with Crippen LogP contribution in [0.25, 0.3) is 11.4 Å². The Morgan fingerprint density at radius 1 is 1.48 bits per heavy atom.